The first kappa shape index (κ1) is 7.60. The fourth-order valence-electron chi connectivity index (χ4n) is 2.09. The zero-order valence-electron chi connectivity index (χ0n) is 6.00. The highest BCUT2D eigenvalue weighted by Crippen LogP contribution is 2.54. The van der Waals surface area contributed by atoms with Gasteiger partial charge in [0, 0.05) is 8.65 Å². The van der Waals surface area contributed by atoms with E-state index in [0.29, 0.717) is 8.65 Å². The Morgan fingerprint density at radius 2 is 0.800 bits per heavy atom. The minimum absolute atomic E-state index is 0.544. The Morgan fingerprint density at radius 3 is 1.00 bits per heavy atom. The van der Waals surface area contributed by atoms with E-state index in [4.69, 9.17) is 0 Å². The standard InChI is InChI=1S/C8H12Br2/c9-7-1-2-8(10,5-3-7)6-4-7/h1-6H2. The van der Waals surface area contributed by atoms with Gasteiger partial charge in [-0.05, 0) is 38.5 Å². The summed E-state index contributed by atoms with van der Waals surface area (Å²) in [6.45, 7) is 0. The third-order valence-corrected chi connectivity index (χ3v) is 5.44. The maximum Gasteiger partial charge on any atom is 0.0259 e. The maximum atomic E-state index is 3.84. The quantitative estimate of drug-likeness (QED) is 0.588. The Hall–Kier alpha value is 0.960. The van der Waals surface area contributed by atoms with Crippen LogP contribution in [-0.4, -0.2) is 8.65 Å². The number of alkyl halides is 2. The number of halogens is 2. The van der Waals surface area contributed by atoms with Crippen molar-refractivity contribution >= 4 is 31.9 Å². The van der Waals surface area contributed by atoms with Gasteiger partial charge in [0.25, 0.3) is 0 Å². The Labute approximate surface area is 79.0 Å². The van der Waals surface area contributed by atoms with Gasteiger partial charge in [0.1, 0.15) is 0 Å². The summed E-state index contributed by atoms with van der Waals surface area (Å²) in [5, 5.41) is 0. The molecule has 10 heavy (non-hydrogen) atoms. The Bertz CT molecular complexity index is 111. The molecule has 2 heteroatoms. The van der Waals surface area contributed by atoms with Crippen molar-refractivity contribution in [1.29, 1.82) is 0 Å². The van der Waals surface area contributed by atoms with Gasteiger partial charge in [-0.2, -0.15) is 0 Å². The largest absolute Gasteiger partial charge is 0.0853 e. The van der Waals surface area contributed by atoms with Crippen LogP contribution in [0.25, 0.3) is 0 Å². The lowest BCUT2D eigenvalue weighted by Crippen LogP contribution is -2.42. The second kappa shape index (κ2) is 2.22. The molecule has 3 fully saturated rings. The molecule has 0 atom stereocenters. The average molecular weight is 268 g/mol. The van der Waals surface area contributed by atoms with E-state index < -0.39 is 0 Å². The van der Waals surface area contributed by atoms with Gasteiger partial charge in [-0.3, -0.25) is 0 Å². The van der Waals surface area contributed by atoms with Gasteiger partial charge >= 0.3 is 0 Å². The molecule has 3 rings (SSSR count). The molecule has 0 aromatic heterocycles. The van der Waals surface area contributed by atoms with E-state index in [1.807, 2.05) is 0 Å². The topological polar surface area (TPSA) is 0 Å². The van der Waals surface area contributed by atoms with E-state index in [2.05, 4.69) is 31.9 Å². The smallest absolute Gasteiger partial charge is 0.0259 e. The summed E-state index contributed by atoms with van der Waals surface area (Å²) in [6.07, 6.45) is 8.24. The zero-order valence-corrected chi connectivity index (χ0v) is 9.17. The van der Waals surface area contributed by atoms with E-state index in [1.54, 1.807) is 0 Å². The molecule has 3 aliphatic carbocycles. The average Bonchev–Trinajstić information content (AvgIpc) is 1.93. The van der Waals surface area contributed by atoms with Gasteiger partial charge in [-0.15, -0.1) is 0 Å². The fourth-order valence-corrected chi connectivity index (χ4v) is 3.28. The number of rotatable bonds is 0. The molecule has 0 N–H and O–H groups in total. The van der Waals surface area contributed by atoms with Crippen LogP contribution in [0.3, 0.4) is 0 Å². The van der Waals surface area contributed by atoms with Gasteiger partial charge in [0.05, 0.1) is 0 Å². The molecule has 0 unspecified atom stereocenters. The maximum absolute atomic E-state index is 3.84. The summed E-state index contributed by atoms with van der Waals surface area (Å²) in [7, 11) is 0. The molecular weight excluding hydrogens is 256 g/mol. The van der Waals surface area contributed by atoms with Crippen molar-refractivity contribution < 1.29 is 0 Å². The van der Waals surface area contributed by atoms with Crippen molar-refractivity contribution in [3.8, 4) is 0 Å². The van der Waals surface area contributed by atoms with E-state index in [-0.39, 0.29) is 0 Å². The highest BCUT2D eigenvalue weighted by Gasteiger charge is 2.45. The molecule has 0 aromatic carbocycles. The van der Waals surface area contributed by atoms with E-state index in [0.717, 1.165) is 0 Å². The molecule has 0 saturated heterocycles. The zero-order chi connectivity index (χ0) is 7.24. The molecule has 0 amide bonds. The van der Waals surface area contributed by atoms with Gasteiger partial charge in [0.15, 0.2) is 0 Å². The Morgan fingerprint density at radius 1 is 0.600 bits per heavy atom. The highest BCUT2D eigenvalue weighted by molar-refractivity contribution is 9.10. The normalized spacial score (nSPS) is 53.4. The fraction of sp³-hybridized carbons (Fsp3) is 1.00. The lowest BCUT2D eigenvalue weighted by atomic mass is 9.70. The van der Waals surface area contributed by atoms with Crippen LogP contribution in [0, 0.1) is 0 Å². The van der Waals surface area contributed by atoms with Crippen LogP contribution in [0.1, 0.15) is 38.5 Å². The molecule has 2 bridgehead atoms. The third-order valence-electron chi connectivity index (χ3n) is 3.06. The van der Waals surface area contributed by atoms with Gasteiger partial charge in [-0.1, -0.05) is 31.9 Å². The summed E-state index contributed by atoms with van der Waals surface area (Å²) < 4.78 is 1.09. The second-order valence-corrected chi connectivity index (χ2v) is 7.17. The van der Waals surface area contributed by atoms with Crippen LogP contribution >= 0.6 is 31.9 Å². The Kier molecular flexibility index (Phi) is 1.69. The number of hydrogen-bond donors (Lipinski definition) is 0. The van der Waals surface area contributed by atoms with Crippen molar-refractivity contribution in [3.05, 3.63) is 0 Å². The van der Waals surface area contributed by atoms with Crippen LogP contribution in [0.2, 0.25) is 0 Å². The van der Waals surface area contributed by atoms with Crippen LogP contribution in [0.4, 0.5) is 0 Å². The van der Waals surface area contributed by atoms with Crippen molar-refractivity contribution in [1.82, 2.24) is 0 Å². The van der Waals surface area contributed by atoms with E-state index >= 15 is 0 Å². The van der Waals surface area contributed by atoms with Crippen LogP contribution in [0.5, 0.6) is 0 Å². The molecular formula is C8H12Br2. The first-order valence-corrected chi connectivity index (χ1v) is 5.59. The van der Waals surface area contributed by atoms with Crippen LogP contribution in [-0.2, 0) is 0 Å². The van der Waals surface area contributed by atoms with Crippen LogP contribution < -0.4 is 0 Å². The highest BCUT2D eigenvalue weighted by atomic mass is 79.9. The molecule has 0 spiro atoms. The number of hydrogen-bond acceptors (Lipinski definition) is 0. The summed E-state index contributed by atoms with van der Waals surface area (Å²) in [4.78, 5) is 0. The summed E-state index contributed by atoms with van der Waals surface area (Å²) in [5.74, 6) is 0. The van der Waals surface area contributed by atoms with E-state index in [1.165, 1.54) is 38.5 Å². The SMILES string of the molecule is BrC12CCC(Br)(CC1)CC2. The van der Waals surface area contributed by atoms with E-state index in [9.17, 15) is 0 Å². The third kappa shape index (κ3) is 1.18. The molecule has 0 aromatic rings. The van der Waals surface area contributed by atoms with Gasteiger partial charge in [0.2, 0.25) is 0 Å². The minimum Gasteiger partial charge on any atom is -0.0853 e. The van der Waals surface area contributed by atoms with Crippen molar-refractivity contribution in [3.63, 3.8) is 0 Å². The summed E-state index contributed by atoms with van der Waals surface area (Å²) in [6, 6.07) is 0. The molecule has 0 nitrogen and oxygen atoms in total. The van der Waals surface area contributed by atoms with Crippen LogP contribution in [0.15, 0.2) is 0 Å². The summed E-state index contributed by atoms with van der Waals surface area (Å²) in [5.41, 5.74) is 0. The van der Waals surface area contributed by atoms with Crippen molar-refractivity contribution in [2.45, 2.75) is 47.2 Å². The number of fused-ring (bicyclic) bond motifs is 3. The molecule has 0 radical (unpaired) electrons. The molecule has 3 saturated carbocycles. The van der Waals surface area contributed by atoms with Crippen molar-refractivity contribution in [2.75, 3.05) is 0 Å². The summed E-state index contributed by atoms with van der Waals surface area (Å²) >= 11 is 7.67. The molecule has 3 aliphatic rings. The first-order chi connectivity index (χ1) is 4.62. The lowest BCUT2D eigenvalue weighted by Gasteiger charge is -2.47. The molecule has 0 aliphatic heterocycles. The Balaban J connectivity index is 2.16. The monoisotopic (exact) mass is 266 g/mol. The predicted molar refractivity (Wildman–Crippen MR) is 51.0 cm³/mol. The second-order valence-electron chi connectivity index (χ2n) is 3.80. The lowest BCUT2D eigenvalue weighted by molar-refractivity contribution is 0.242. The first-order valence-electron chi connectivity index (χ1n) is 4.00. The van der Waals surface area contributed by atoms with Gasteiger partial charge < -0.3 is 0 Å². The molecule has 0 heterocycles. The minimum atomic E-state index is 0.544. The predicted octanol–water partition coefficient (Wildman–Crippen LogP) is 3.62. The molecule has 58 valence electrons. The van der Waals surface area contributed by atoms with Crippen molar-refractivity contribution in [2.24, 2.45) is 0 Å². The van der Waals surface area contributed by atoms with Gasteiger partial charge in [-0.25, -0.2) is 0 Å².